The summed E-state index contributed by atoms with van der Waals surface area (Å²) in [6.07, 6.45) is -0.725. The van der Waals surface area contributed by atoms with Crippen LogP contribution in [0.3, 0.4) is 0 Å². The van der Waals surface area contributed by atoms with Crippen LogP contribution < -0.4 is 14.8 Å². The van der Waals surface area contributed by atoms with Gasteiger partial charge in [0.05, 0.1) is 4.90 Å². The Hall–Kier alpha value is -3.03. The third-order valence-electron chi connectivity index (χ3n) is 4.69. The fourth-order valence-electron chi connectivity index (χ4n) is 2.74. The van der Waals surface area contributed by atoms with Crippen LogP contribution in [0.1, 0.15) is 18.1 Å². The second-order valence-electron chi connectivity index (χ2n) is 7.13. The molecular weight excluding hydrogens is 436 g/mol. The number of carbonyl (C=O) groups excluding carboxylic acids is 1. The van der Waals surface area contributed by atoms with Crippen molar-refractivity contribution in [1.82, 2.24) is 0 Å². The quantitative estimate of drug-likeness (QED) is 0.512. The third-order valence-corrected chi connectivity index (χ3v) is 6.34. The van der Waals surface area contributed by atoms with Crippen LogP contribution in [0, 0.1) is 13.8 Å². The van der Waals surface area contributed by atoms with Gasteiger partial charge in [-0.2, -0.15) is 0 Å². The van der Waals surface area contributed by atoms with Crippen LogP contribution in [0.5, 0.6) is 5.75 Å². The number of sulfonamides is 1. The number of hydrogen-bond donors (Lipinski definition) is 2. The zero-order valence-corrected chi connectivity index (χ0v) is 18.9. The number of anilines is 2. The van der Waals surface area contributed by atoms with Gasteiger partial charge < -0.3 is 10.1 Å². The number of benzene rings is 3. The molecule has 31 heavy (non-hydrogen) atoms. The predicted molar refractivity (Wildman–Crippen MR) is 123 cm³/mol. The average molecular weight is 459 g/mol. The van der Waals surface area contributed by atoms with Crippen LogP contribution in [-0.4, -0.2) is 20.4 Å². The van der Waals surface area contributed by atoms with Gasteiger partial charge in [0.15, 0.2) is 6.10 Å². The van der Waals surface area contributed by atoms with E-state index in [1.165, 1.54) is 24.3 Å². The molecule has 0 aliphatic heterocycles. The molecule has 3 rings (SSSR count). The fraction of sp³-hybridized carbons (Fsp3) is 0.174. The molecule has 1 atom stereocenters. The Bertz CT molecular complexity index is 1180. The zero-order valence-electron chi connectivity index (χ0n) is 17.3. The first kappa shape index (κ1) is 22.7. The minimum atomic E-state index is -3.77. The van der Waals surface area contributed by atoms with Gasteiger partial charge in [0.25, 0.3) is 15.9 Å². The van der Waals surface area contributed by atoms with Crippen molar-refractivity contribution in [2.45, 2.75) is 31.8 Å². The molecule has 3 aromatic rings. The topological polar surface area (TPSA) is 84.5 Å². The molecule has 0 spiro atoms. The lowest BCUT2D eigenvalue weighted by atomic mass is 10.1. The highest BCUT2D eigenvalue weighted by molar-refractivity contribution is 7.92. The Morgan fingerprint density at radius 1 is 0.903 bits per heavy atom. The van der Waals surface area contributed by atoms with Crippen molar-refractivity contribution in [3.63, 3.8) is 0 Å². The van der Waals surface area contributed by atoms with E-state index in [4.69, 9.17) is 16.3 Å². The van der Waals surface area contributed by atoms with Crippen molar-refractivity contribution in [2.24, 2.45) is 0 Å². The largest absolute Gasteiger partial charge is 0.481 e. The van der Waals surface area contributed by atoms with E-state index in [1.54, 1.807) is 31.2 Å². The maximum absolute atomic E-state index is 12.5. The number of nitrogens with one attached hydrogen (secondary N) is 2. The van der Waals surface area contributed by atoms with E-state index in [2.05, 4.69) is 10.0 Å². The van der Waals surface area contributed by atoms with Crippen LogP contribution in [-0.2, 0) is 14.8 Å². The summed E-state index contributed by atoms with van der Waals surface area (Å²) in [7, 11) is -3.77. The summed E-state index contributed by atoms with van der Waals surface area (Å²) in [5.74, 6) is 0.272. The Morgan fingerprint density at radius 2 is 1.52 bits per heavy atom. The second-order valence-corrected chi connectivity index (χ2v) is 9.25. The van der Waals surface area contributed by atoms with Crippen LogP contribution in [0.2, 0.25) is 5.02 Å². The molecule has 162 valence electrons. The molecule has 0 aromatic heterocycles. The highest BCUT2D eigenvalue weighted by Crippen LogP contribution is 2.21. The smallest absolute Gasteiger partial charge is 0.265 e. The molecule has 6 nitrogen and oxygen atoms in total. The van der Waals surface area contributed by atoms with E-state index < -0.39 is 16.1 Å². The number of ether oxygens (including phenoxy) is 1. The van der Waals surface area contributed by atoms with Gasteiger partial charge in [0.1, 0.15) is 5.75 Å². The van der Waals surface area contributed by atoms with Gasteiger partial charge >= 0.3 is 0 Å². The number of halogens is 1. The summed E-state index contributed by atoms with van der Waals surface area (Å²) < 4.78 is 33.3. The molecular formula is C23H23ClN2O4S. The molecule has 1 amide bonds. The summed E-state index contributed by atoms with van der Waals surface area (Å²) in [6.45, 7) is 5.63. The number of carbonyl (C=O) groups is 1. The Balaban J connectivity index is 1.63. The van der Waals surface area contributed by atoms with Gasteiger partial charge in [-0.15, -0.1) is 0 Å². The summed E-state index contributed by atoms with van der Waals surface area (Å²) in [4.78, 5) is 12.5. The third kappa shape index (κ3) is 5.99. The minimum Gasteiger partial charge on any atom is -0.481 e. The Morgan fingerprint density at radius 3 is 2.13 bits per heavy atom. The summed E-state index contributed by atoms with van der Waals surface area (Å²) in [5, 5.41) is 3.24. The van der Waals surface area contributed by atoms with E-state index in [0.29, 0.717) is 22.1 Å². The first-order chi connectivity index (χ1) is 14.6. The molecule has 0 saturated heterocycles. The minimum absolute atomic E-state index is 0.0693. The lowest BCUT2D eigenvalue weighted by molar-refractivity contribution is -0.122. The molecule has 0 aliphatic carbocycles. The van der Waals surface area contributed by atoms with Crippen molar-refractivity contribution in [3.05, 3.63) is 82.9 Å². The van der Waals surface area contributed by atoms with E-state index in [1.807, 2.05) is 32.0 Å². The lowest BCUT2D eigenvalue weighted by Crippen LogP contribution is -2.30. The molecule has 0 bridgehead atoms. The van der Waals surface area contributed by atoms with Gasteiger partial charge in [-0.05, 0) is 92.6 Å². The van der Waals surface area contributed by atoms with Crippen LogP contribution >= 0.6 is 11.6 Å². The number of hydrogen-bond acceptors (Lipinski definition) is 4. The normalized spacial score (nSPS) is 12.1. The van der Waals surface area contributed by atoms with E-state index in [0.717, 1.165) is 11.1 Å². The maximum Gasteiger partial charge on any atom is 0.265 e. The molecule has 2 N–H and O–H groups in total. The zero-order chi connectivity index (χ0) is 22.6. The van der Waals surface area contributed by atoms with Gasteiger partial charge in [-0.3, -0.25) is 9.52 Å². The van der Waals surface area contributed by atoms with Crippen molar-refractivity contribution in [2.75, 3.05) is 10.0 Å². The number of rotatable bonds is 7. The lowest BCUT2D eigenvalue weighted by Gasteiger charge is -2.16. The Kier molecular flexibility index (Phi) is 6.87. The molecule has 3 aromatic carbocycles. The van der Waals surface area contributed by atoms with Crippen LogP contribution in [0.25, 0.3) is 0 Å². The molecule has 8 heteroatoms. The molecule has 0 fully saturated rings. The maximum atomic E-state index is 12.5. The molecule has 0 unspecified atom stereocenters. The van der Waals surface area contributed by atoms with Crippen molar-refractivity contribution < 1.29 is 17.9 Å². The van der Waals surface area contributed by atoms with Crippen molar-refractivity contribution in [1.29, 1.82) is 0 Å². The monoisotopic (exact) mass is 458 g/mol. The van der Waals surface area contributed by atoms with Gasteiger partial charge in [-0.1, -0.05) is 17.7 Å². The summed E-state index contributed by atoms with van der Waals surface area (Å²) in [6, 6.07) is 17.9. The second kappa shape index (κ2) is 9.41. The van der Waals surface area contributed by atoms with Gasteiger partial charge in [0, 0.05) is 16.4 Å². The summed E-state index contributed by atoms with van der Waals surface area (Å²) >= 11 is 5.82. The number of amides is 1. The summed E-state index contributed by atoms with van der Waals surface area (Å²) in [5.41, 5.74) is 3.09. The van der Waals surface area contributed by atoms with Crippen molar-refractivity contribution >= 4 is 38.9 Å². The SMILES string of the molecule is Cc1ccc(O[C@H](C)C(=O)Nc2ccc(S(=O)(=O)Nc3ccc(Cl)cc3)cc2)cc1C. The van der Waals surface area contributed by atoms with Gasteiger partial charge in [0.2, 0.25) is 0 Å². The fourth-order valence-corrected chi connectivity index (χ4v) is 3.92. The molecule has 0 saturated carbocycles. The number of aryl methyl sites for hydroxylation is 2. The predicted octanol–water partition coefficient (Wildman–Crippen LogP) is 5.16. The van der Waals surface area contributed by atoms with Crippen LogP contribution in [0.4, 0.5) is 11.4 Å². The molecule has 0 heterocycles. The molecule has 0 aliphatic rings. The Labute approximate surface area is 187 Å². The van der Waals surface area contributed by atoms with E-state index in [9.17, 15) is 13.2 Å². The molecule has 0 radical (unpaired) electrons. The standard InChI is InChI=1S/C23H23ClN2O4S/c1-15-4-11-21(14-16(15)2)30-17(3)23(27)25-19-9-12-22(13-10-19)31(28,29)26-20-7-5-18(24)6-8-20/h4-14,17,26H,1-3H3,(H,25,27)/t17-/m1/s1. The van der Waals surface area contributed by atoms with E-state index in [-0.39, 0.29) is 10.8 Å². The highest BCUT2D eigenvalue weighted by atomic mass is 35.5. The average Bonchev–Trinajstić information content (AvgIpc) is 2.72. The first-order valence-electron chi connectivity index (χ1n) is 9.57. The first-order valence-corrected chi connectivity index (χ1v) is 11.4. The van der Waals surface area contributed by atoms with Gasteiger partial charge in [-0.25, -0.2) is 8.42 Å². The van der Waals surface area contributed by atoms with Crippen LogP contribution in [0.15, 0.2) is 71.6 Å². The van der Waals surface area contributed by atoms with Crippen molar-refractivity contribution in [3.8, 4) is 5.75 Å². The van der Waals surface area contributed by atoms with E-state index >= 15 is 0 Å². The highest BCUT2D eigenvalue weighted by Gasteiger charge is 2.17.